The molecule has 1 saturated heterocycles. The minimum atomic E-state index is 0.114. The van der Waals surface area contributed by atoms with Gasteiger partial charge >= 0.3 is 4.87 Å². The largest absolute Gasteiger partial charge is 0.312 e. The van der Waals surface area contributed by atoms with E-state index in [2.05, 4.69) is 35.3 Å². The van der Waals surface area contributed by atoms with Crippen molar-refractivity contribution in [3.8, 4) is 0 Å². The number of fused-ring (bicyclic) bond motifs is 1. The van der Waals surface area contributed by atoms with Crippen LogP contribution in [0.1, 0.15) is 12.5 Å². The topological polar surface area (TPSA) is 37.3 Å². The average Bonchev–Trinajstić information content (AvgIpc) is 2.65. The van der Waals surface area contributed by atoms with Crippen LogP contribution in [-0.4, -0.2) is 35.1 Å². The first kappa shape index (κ1) is 12.8. The molecule has 2 heterocycles. The Morgan fingerprint density at radius 3 is 3.11 bits per heavy atom. The van der Waals surface area contributed by atoms with E-state index in [1.54, 1.807) is 4.57 Å². The molecule has 2 aromatic rings. The predicted octanol–water partition coefficient (Wildman–Crippen LogP) is 1.39. The molecule has 102 valence electrons. The Kier molecular flexibility index (Phi) is 3.43. The summed E-state index contributed by atoms with van der Waals surface area (Å²) in [5, 5.41) is 3.45. The molecule has 0 bridgehead atoms. The fourth-order valence-corrected chi connectivity index (χ4v) is 3.63. The van der Waals surface area contributed by atoms with Crippen molar-refractivity contribution < 1.29 is 0 Å². The first-order valence-corrected chi connectivity index (χ1v) is 7.49. The molecule has 0 radical (unpaired) electrons. The lowest BCUT2D eigenvalue weighted by atomic mass is 10.1. The third-order valence-corrected chi connectivity index (χ3v) is 4.71. The highest BCUT2D eigenvalue weighted by atomic mass is 32.1. The van der Waals surface area contributed by atoms with Crippen molar-refractivity contribution in [2.45, 2.75) is 19.5 Å². The van der Waals surface area contributed by atoms with Gasteiger partial charge < -0.3 is 9.88 Å². The molecule has 1 aliphatic rings. The number of thiazole rings is 1. The van der Waals surface area contributed by atoms with E-state index in [0.717, 1.165) is 36.4 Å². The molecule has 0 amide bonds. The third kappa shape index (κ3) is 2.59. The first-order chi connectivity index (χ1) is 9.13. The fourth-order valence-electron chi connectivity index (χ4n) is 2.69. The maximum absolute atomic E-state index is 11.6. The molecule has 1 fully saturated rings. The summed E-state index contributed by atoms with van der Waals surface area (Å²) >= 11 is 1.33. The van der Waals surface area contributed by atoms with Gasteiger partial charge in [0, 0.05) is 39.3 Å². The number of nitrogens with one attached hydrogen (secondary N) is 1. The molecule has 1 aromatic heterocycles. The van der Waals surface area contributed by atoms with Crippen LogP contribution in [0, 0.1) is 0 Å². The van der Waals surface area contributed by atoms with Gasteiger partial charge in [-0.2, -0.15) is 0 Å². The summed E-state index contributed by atoms with van der Waals surface area (Å²) < 4.78 is 2.81. The number of piperazine rings is 1. The average molecular weight is 277 g/mol. The number of rotatable bonds is 2. The highest BCUT2D eigenvalue weighted by Crippen LogP contribution is 2.19. The molecule has 1 aliphatic heterocycles. The molecule has 0 aliphatic carbocycles. The van der Waals surface area contributed by atoms with Crippen LogP contribution in [0.15, 0.2) is 23.0 Å². The molecule has 1 aromatic carbocycles. The lowest BCUT2D eigenvalue weighted by Gasteiger charge is -2.31. The lowest BCUT2D eigenvalue weighted by molar-refractivity contribution is 0.200. The summed E-state index contributed by atoms with van der Waals surface area (Å²) in [4.78, 5) is 14.2. The molecule has 19 heavy (non-hydrogen) atoms. The van der Waals surface area contributed by atoms with Gasteiger partial charge in [-0.3, -0.25) is 9.69 Å². The Hall–Kier alpha value is -1.17. The van der Waals surface area contributed by atoms with Crippen molar-refractivity contribution in [1.82, 2.24) is 14.8 Å². The smallest absolute Gasteiger partial charge is 0.307 e. The van der Waals surface area contributed by atoms with Gasteiger partial charge in [-0.15, -0.1) is 0 Å². The van der Waals surface area contributed by atoms with Gasteiger partial charge in [0.2, 0.25) is 0 Å². The summed E-state index contributed by atoms with van der Waals surface area (Å²) in [6, 6.07) is 6.92. The SMILES string of the molecule is C[C@H]1CN(Cc2ccc3c(c2)sc(=O)n3C)CCN1. The molecule has 5 heteroatoms. The molecule has 3 rings (SSSR count). The van der Waals surface area contributed by atoms with E-state index >= 15 is 0 Å². The maximum Gasteiger partial charge on any atom is 0.307 e. The Labute approximate surface area is 116 Å². The summed E-state index contributed by atoms with van der Waals surface area (Å²) in [5.74, 6) is 0. The van der Waals surface area contributed by atoms with Crippen LogP contribution in [0.4, 0.5) is 0 Å². The van der Waals surface area contributed by atoms with E-state index in [1.807, 2.05) is 7.05 Å². The molecule has 0 saturated carbocycles. The number of hydrogen-bond acceptors (Lipinski definition) is 4. The number of benzene rings is 1. The van der Waals surface area contributed by atoms with Crippen LogP contribution in [0.3, 0.4) is 0 Å². The second-order valence-corrected chi connectivity index (χ2v) is 6.31. The van der Waals surface area contributed by atoms with E-state index in [0.29, 0.717) is 6.04 Å². The summed E-state index contributed by atoms with van der Waals surface area (Å²) in [5.41, 5.74) is 2.33. The molecule has 1 atom stereocenters. The maximum atomic E-state index is 11.6. The zero-order valence-electron chi connectivity index (χ0n) is 11.3. The zero-order chi connectivity index (χ0) is 13.4. The van der Waals surface area contributed by atoms with Crippen molar-refractivity contribution in [1.29, 1.82) is 0 Å². The van der Waals surface area contributed by atoms with Crippen molar-refractivity contribution in [2.24, 2.45) is 7.05 Å². The van der Waals surface area contributed by atoms with E-state index in [-0.39, 0.29) is 4.87 Å². The highest BCUT2D eigenvalue weighted by molar-refractivity contribution is 7.16. The van der Waals surface area contributed by atoms with Gasteiger partial charge in [-0.05, 0) is 24.6 Å². The Morgan fingerprint density at radius 2 is 2.32 bits per heavy atom. The van der Waals surface area contributed by atoms with Crippen molar-refractivity contribution in [2.75, 3.05) is 19.6 Å². The Balaban J connectivity index is 1.83. The highest BCUT2D eigenvalue weighted by Gasteiger charge is 2.15. The van der Waals surface area contributed by atoms with E-state index < -0.39 is 0 Å². The third-order valence-electron chi connectivity index (χ3n) is 3.72. The van der Waals surface area contributed by atoms with E-state index in [1.165, 1.54) is 16.9 Å². The van der Waals surface area contributed by atoms with Crippen molar-refractivity contribution in [3.63, 3.8) is 0 Å². The fraction of sp³-hybridized carbons (Fsp3) is 0.500. The first-order valence-electron chi connectivity index (χ1n) is 6.67. The standard InChI is InChI=1S/C14H19N3OS/c1-10-8-17(6-5-15-10)9-11-3-4-12-13(7-11)19-14(18)16(12)2/h3-4,7,10,15H,5-6,8-9H2,1-2H3/t10-/m0/s1. The Morgan fingerprint density at radius 1 is 1.47 bits per heavy atom. The van der Waals surface area contributed by atoms with Crippen LogP contribution >= 0.6 is 11.3 Å². The number of hydrogen-bond donors (Lipinski definition) is 1. The summed E-state index contributed by atoms with van der Waals surface area (Å²) in [6.07, 6.45) is 0. The van der Waals surface area contributed by atoms with E-state index in [9.17, 15) is 4.79 Å². The van der Waals surface area contributed by atoms with E-state index in [4.69, 9.17) is 0 Å². The van der Waals surface area contributed by atoms with Gasteiger partial charge in [0.25, 0.3) is 0 Å². The molecular weight excluding hydrogens is 258 g/mol. The lowest BCUT2D eigenvalue weighted by Crippen LogP contribution is -2.48. The van der Waals surface area contributed by atoms with Gasteiger partial charge in [0.1, 0.15) is 0 Å². The van der Waals surface area contributed by atoms with Crippen molar-refractivity contribution >= 4 is 21.6 Å². The predicted molar refractivity (Wildman–Crippen MR) is 79.8 cm³/mol. The molecule has 1 N–H and O–H groups in total. The van der Waals surface area contributed by atoms with Crippen LogP contribution in [0.25, 0.3) is 10.2 Å². The molecule has 0 unspecified atom stereocenters. The molecule has 0 spiro atoms. The second-order valence-electron chi connectivity index (χ2n) is 5.32. The second kappa shape index (κ2) is 5.07. The molecular formula is C14H19N3OS. The summed E-state index contributed by atoms with van der Waals surface area (Å²) in [7, 11) is 1.83. The van der Waals surface area contributed by atoms with Gasteiger partial charge in [0.05, 0.1) is 10.2 Å². The van der Waals surface area contributed by atoms with Crippen LogP contribution in [0.5, 0.6) is 0 Å². The zero-order valence-corrected chi connectivity index (χ0v) is 12.2. The quantitative estimate of drug-likeness (QED) is 0.901. The van der Waals surface area contributed by atoms with Gasteiger partial charge in [-0.25, -0.2) is 0 Å². The normalized spacial score (nSPS) is 21.1. The van der Waals surface area contributed by atoms with Crippen LogP contribution in [0.2, 0.25) is 0 Å². The number of aryl methyl sites for hydroxylation is 1. The monoisotopic (exact) mass is 277 g/mol. The number of nitrogens with zero attached hydrogens (tertiary/aromatic N) is 2. The summed E-state index contributed by atoms with van der Waals surface area (Å²) in [6.45, 7) is 6.43. The van der Waals surface area contributed by atoms with Crippen LogP contribution < -0.4 is 10.2 Å². The number of aromatic nitrogens is 1. The van der Waals surface area contributed by atoms with Gasteiger partial charge in [0.15, 0.2) is 0 Å². The minimum Gasteiger partial charge on any atom is -0.312 e. The minimum absolute atomic E-state index is 0.114. The van der Waals surface area contributed by atoms with Gasteiger partial charge in [-0.1, -0.05) is 17.4 Å². The Bertz CT molecular complexity index is 646. The molecule has 4 nitrogen and oxygen atoms in total. The van der Waals surface area contributed by atoms with Crippen molar-refractivity contribution in [3.05, 3.63) is 33.4 Å². The van der Waals surface area contributed by atoms with Crippen LogP contribution in [-0.2, 0) is 13.6 Å².